The maximum atomic E-state index is 14.2. The van der Waals surface area contributed by atoms with Gasteiger partial charge in [-0.15, -0.1) is 0 Å². The highest BCUT2D eigenvalue weighted by atomic mass is 19.4. The van der Waals surface area contributed by atoms with E-state index < -0.39 is 200 Å². The molecule has 0 aliphatic rings. The Bertz CT molecular complexity index is 2800. The van der Waals surface area contributed by atoms with Crippen LogP contribution in [0.2, 0.25) is 0 Å². The number of nitrogens with zero attached hydrogens (tertiary/aromatic N) is 5. The summed E-state index contributed by atoms with van der Waals surface area (Å²) in [4.78, 5) is 30.2. The van der Waals surface area contributed by atoms with Crippen molar-refractivity contribution in [2.45, 2.75) is 56.0 Å². The van der Waals surface area contributed by atoms with Gasteiger partial charge in [-0.3, -0.25) is 9.59 Å². The van der Waals surface area contributed by atoms with Gasteiger partial charge in [-0.25, -0.2) is 4.98 Å². The first-order chi connectivity index (χ1) is 35.5. The molecule has 6 rings (SSSR count). The van der Waals surface area contributed by atoms with Gasteiger partial charge in [0.25, 0.3) is 0 Å². The van der Waals surface area contributed by atoms with Crippen LogP contribution in [0.5, 0.6) is 0 Å². The molecule has 6 aromatic rings. The zero-order chi connectivity index (χ0) is 59.0. The van der Waals surface area contributed by atoms with Gasteiger partial charge in [-0.1, -0.05) is 84.0 Å². The number of azide groups is 1. The Balaban J connectivity index is 0.000000443. The van der Waals surface area contributed by atoms with Crippen molar-refractivity contribution < 1.29 is 120 Å². The molecule has 0 saturated heterocycles. The molecule has 1 aromatic heterocycles. The lowest BCUT2D eigenvalue weighted by Crippen LogP contribution is -2.75. The molecular weight excluding hydrogens is 1120 g/mol. The summed E-state index contributed by atoms with van der Waals surface area (Å²) in [5.74, 6) is -0.463. The number of hydrogen-bond donors (Lipinski definition) is 0. The lowest BCUT2D eigenvalue weighted by Gasteiger charge is -2.46. The molecule has 0 unspecified atom stereocenters. The average molecular weight is 1150 g/mol. The quantitative estimate of drug-likeness (QED) is 0.0260. The summed E-state index contributed by atoms with van der Waals surface area (Å²) in [6.07, 6.45) is -50.3. The molecule has 0 saturated carbocycles. The number of hydrogen-bond acceptors (Lipinski definition) is 4. The molecule has 0 bridgehead atoms. The van der Waals surface area contributed by atoms with E-state index in [2.05, 4.69) is 15.0 Å². The normalized spacial score (nSPS) is 13.1. The van der Waals surface area contributed by atoms with E-state index in [1.807, 2.05) is 6.07 Å². The van der Waals surface area contributed by atoms with Crippen molar-refractivity contribution in [2.75, 3.05) is 6.54 Å². The number of aromatic nitrogens is 2. The molecule has 416 valence electrons. The third-order valence-electron chi connectivity index (χ3n) is 11.2. The van der Waals surface area contributed by atoms with E-state index in [1.54, 1.807) is 35.0 Å². The molecule has 0 radical (unpaired) electrons. The van der Waals surface area contributed by atoms with Crippen molar-refractivity contribution in [3.8, 4) is 0 Å². The lowest BCUT2D eigenvalue weighted by atomic mass is 9.12. The highest BCUT2D eigenvalue weighted by Gasteiger charge is 2.47. The average Bonchev–Trinajstić information content (AvgIpc) is 3.32. The highest BCUT2D eigenvalue weighted by Crippen LogP contribution is 2.41. The van der Waals surface area contributed by atoms with Gasteiger partial charge in [0.05, 0.1) is 57.2 Å². The van der Waals surface area contributed by atoms with E-state index in [1.165, 1.54) is 12.4 Å². The maximum Gasteiger partial charge on any atom is 0.416 e. The Hall–Kier alpha value is -7.79. The second kappa shape index (κ2) is 21.6. The Morgan fingerprint density at radius 2 is 0.731 bits per heavy atom. The molecule has 7 nitrogen and oxygen atoms in total. The van der Waals surface area contributed by atoms with E-state index in [9.17, 15) is 115 Å². The maximum absolute atomic E-state index is 14.2. The third-order valence-corrected chi connectivity index (χ3v) is 11.2. The summed E-state index contributed by atoms with van der Waals surface area (Å²) in [6, 6.07) is 0.0756. The Kier molecular flexibility index (Phi) is 16.9. The fourth-order valence-corrected chi connectivity index (χ4v) is 7.80. The minimum absolute atomic E-state index is 0.0692. The highest BCUT2D eigenvalue weighted by molar-refractivity contribution is 7.20. The van der Waals surface area contributed by atoms with Crippen LogP contribution in [0.1, 0.15) is 65.4 Å². The van der Waals surface area contributed by atoms with Crippen molar-refractivity contribution in [2.24, 2.45) is 5.11 Å². The second-order valence-electron chi connectivity index (χ2n) is 16.4. The van der Waals surface area contributed by atoms with Crippen LogP contribution in [-0.2, 0) is 56.0 Å². The van der Waals surface area contributed by atoms with Crippen molar-refractivity contribution in [1.29, 1.82) is 0 Å². The van der Waals surface area contributed by atoms with Gasteiger partial charge in [0, 0.05) is 10.5 Å². The number of benzene rings is 5. The van der Waals surface area contributed by atoms with E-state index in [0.717, 1.165) is 0 Å². The summed E-state index contributed by atoms with van der Waals surface area (Å²) >= 11 is 0. The lowest BCUT2D eigenvalue weighted by molar-refractivity contribution is -0.683. The van der Waals surface area contributed by atoms with Crippen molar-refractivity contribution >= 4 is 39.6 Å². The zero-order valence-electron chi connectivity index (χ0n) is 37.7. The molecule has 0 aliphatic carbocycles. The Morgan fingerprint density at radius 3 is 0.987 bits per heavy atom. The van der Waals surface area contributed by atoms with Crippen LogP contribution in [0.25, 0.3) is 10.4 Å². The van der Waals surface area contributed by atoms with E-state index in [-0.39, 0.29) is 24.6 Å². The summed E-state index contributed by atoms with van der Waals surface area (Å²) in [6.45, 7) is -0.186. The fourth-order valence-electron chi connectivity index (χ4n) is 7.80. The molecular formula is C46H24BF24N5O2. The number of Topliss-reactive ketones (excluding diaryl/α,β-unsaturated/α-hetero) is 2. The SMILES string of the molecule is FC(F)(F)c1cc([B-](c2cc(C(F)(F)F)cc(C(F)(F)F)c2)(c2cc(C(F)(F)F)cc(C(F)(F)F)c2)c2cc(C(F)(F)F)cc(C(F)(F)F)c2)cc(C(F)(F)F)c1.[N-]=[N+]=NCC(=O)c1c[n+](CC(=O)c2ccccc2)ccn1. The van der Waals surface area contributed by atoms with Gasteiger partial charge in [-0.05, 0) is 29.8 Å². The minimum atomic E-state index is -6.13. The van der Waals surface area contributed by atoms with Crippen molar-refractivity contribution in [3.63, 3.8) is 0 Å². The third kappa shape index (κ3) is 14.4. The first kappa shape index (κ1) is 61.1. The number of rotatable bonds is 10. The van der Waals surface area contributed by atoms with Gasteiger partial charge in [0.1, 0.15) is 6.15 Å². The van der Waals surface area contributed by atoms with E-state index >= 15 is 0 Å². The molecule has 78 heavy (non-hydrogen) atoms. The van der Waals surface area contributed by atoms with Gasteiger partial charge < -0.3 is 0 Å². The summed E-state index contributed by atoms with van der Waals surface area (Å²) in [5.41, 5.74) is -21.2. The van der Waals surface area contributed by atoms with Gasteiger partial charge in [0.15, 0.2) is 23.9 Å². The minimum Gasteiger partial charge on any atom is -0.292 e. The van der Waals surface area contributed by atoms with Crippen LogP contribution in [0.3, 0.4) is 0 Å². The Labute approximate surface area is 419 Å². The molecule has 0 N–H and O–H groups in total. The predicted molar refractivity (Wildman–Crippen MR) is 224 cm³/mol. The number of halogens is 24. The first-order valence-corrected chi connectivity index (χ1v) is 20.8. The van der Waals surface area contributed by atoms with Gasteiger partial charge in [0.2, 0.25) is 12.3 Å². The monoisotopic (exact) mass is 1150 g/mol. The zero-order valence-corrected chi connectivity index (χ0v) is 37.7. The fraction of sp³-hybridized carbons (Fsp3) is 0.217. The Morgan fingerprint density at radius 1 is 0.449 bits per heavy atom. The van der Waals surface area contributed by atoms with Crippen LogP contribution in [-0.4, -0.2) is 29.2 Å². The van der Waals surface area contributed by atoms with Crippen LogP contribution in [0, 0.1) is 0 Å². The van der Waals surface area contributed by atoms with E-state index in [4.69, 9.17) is 5.53 Å². The molecule has 0 aliphatic heterocycles. The molecule has 5 aromatic carbocycles. The molecule has 0 atom stereocenters. The molecule has 0 spiro atoms. The smallest absolute Gasteiger partial charge is 0.292 e. The van der Waals surface area contributed by atoms with Gasteiger partial charge in [-0.2, -0.15) is 132 Å². The first-order valence-electron chi connectivity index (χ1n) is 20.8. The van der Waals surface area contributed by atoms with Crippen LogP contribution >= 0.6 is 0 Å². The van der Waals surface area contributed by atoms with E-state index in [0.29, 0.717) is 5.56 Å². The standard InChI is InChI=1S/C32H12BF24.C14H12N5O2/c34-25(35,36)13-1-14(26(37,38)39)6-21(5-13)33(22-7-15(27(40,41)42)2-16(8-22)28(43,44)45,23-9-17(29(46,47)48)3-18(10-23)30(49,50)51)24-11-19(31(52,53)54)4-20(12-24)32(55,56)57;15-18-17-8-13(20)12-9-19(7-6-16-12)10-14(21)11-4-2-1-3-5-11/h1-12H;1-7,9H,8,10H2/q-1;+1. The molecule has 32 heteroatoms. The summed E-state index contributed by atoms with van der Waals surface area (Å²) < 4.78 is 342. The van der Waals surface area contributed by atoms with Crippen LogP contribution in [0.15, 0.2) is 127 Å². The summed E-state index contributed by atoms with van der Waals surface area (Å²) in [7, 11) is 0. The number of carbonyl (C=O) groups is 2. The summed E-state index contributed by atoms with van der Waals surface area (Å²) in [5, 5.41) is 3.20. The number of alkyl halides is 24. The van der Waals surface area contributed by atoms with Crippen molar-refractivity contribution in [3.05, 3.63) is 188 Å². The van der Waals surface area contributed by atoms with Crippen molar-refractivity contribution in [1.82, 2.24) is 4.98 Å². The molecule has 1 heterocycles. The van der Waals surface area contributed by atoms with Crippen LogP contribution < -0.4 is 26.4 Å². The largest absolute Gasteiger partial charge is 0.416 e. The topological polar surface area (TPSA) is 99.7 Å². The molecule has 0 fully saturated rings. The predicted octanol–water partition coefficient (Wildman–Crippen LogP) is 13.0. The van der Waals surface area contributed by atoms with Gasteiger partial charge >= 0.3 is 49.4 Å². The number of ketones is 2. The second-order valence-corrected chi connectivity index (χ2v) is 16.4. The van der Waals surface area contributed by atoms with Crippen LogP contribution in [0.4, 0.5) is 105 Å². The number of carbonyl (C=O) groups excluding carboxylic acids is 2. The molecule has 0 amide bonds.